The van der Waals surface area contributed by atoms with Gasteiger partial charge in [0.05, 0.1) is 12.1 Å². The third-order valence-corrected chi connectivity index (χ3v) is 5.04. The van der Waals surface area contributed by atoms with Crippen LogP contribution in [0.25, 0.3) is 0 Å². The fourth-order valence-corrected chi connectivity index (χ4v) is 4.15. The van der Waals surface area contributed by atoms with Crippen LogP contribution in [-0.4, -0.2) is 12.6 Å². The Morgan fingerprint density at radius 2 is 1.86 bits per heavy atom. The van der Waals surface area contributed by atoms with Crippen LogP contribution >= 0.6 is 0 Å². The van der Waals surface area contributed by atoms with Crippen molar-refractivity contribution in [3.05, 3.63) is 65.7 Å². The number of nitrogens with zero attached hydrogens (tertiary/aromatic N) is 2. The van der Waals surface area contributed by atoms with Crippen LogP contribution in [0.5, 0.6) is 0 Å². The number of hydrogen-bond donors (Lipinski definition) is 0. The molecule has 104 valence electrons. The van der Waals surface area contributed by atoms with Crippen LogP contribution in [0, 0.1) is 11.3 Å². The quantitative estimate of drug-likeness (QED) is 0.835. The number of fused-ring (bicyclic) bond motifs is 3. The van der Waals surface area contributed by atoms with Gasteiger partial charge in [0.25, 0.3) is 0 Å². The Kier molecular flexibility index (Phi) is 2.75. The van der Waals surface area contributed by atoms with Gasteiger partial charge in [-0.2, -0.15) is 5.26 Å². The van der Waals surface area contributed by atoms with E-state index in [1.54, 1.807) is 0 Å². The van der Waals surface area contributed by atoms with Crippen molar-refractivity contribution in [3.63, 3.8) is 0 Å². The largest absolute Gasteiger partial charge is 0.366 e. The van der Waals surface area contributed by atoms with Gasteiger partial charge in [-0.1, -0.05) is 48.5 Å². The van der Waals surface area contributed by atoms with Crippen molar-refractivity contribution < 1.29 is 0 Å². The Bertz CT molecular complexity index is 701. The molecule has 2 aromatic rings. The molecule has 0 aliphatic carbocycles. The summed E-state index contributed by atoms with van der Waals surface area (Å²) in [5.74, 6) is 0. The van der Waals surface area contributed by atoms with E-state index in [-0.39, 0.29) is 0 Å². The molecule has 2 atom stereocenters. The number of nitriles is 1. The minimum atomic E-state index is -0.394. The summed E-state index contributed by atoms with van der Waals surface area (Å²) >= 11 is 0. The van der Waals surface area contributed by atoms with Gasteiger partial charge in [0.15, 0.2) is 0 Å². The van der Waals surface area contributed by atoms with Gasteiger partial charge in [-0.25, -0.2) is 0 Å². The summed E-state index contributed by atoms with van der Waals surface area (Å²) in [6.07, 6.45) is 3.12. The fraction of sp³-hybridized carbons (Fsp3) is 0.316. The summed E-state index contributed by atoms with van der Waals surface area (Å²) in [5.41, 5.74) is 3.36. The van der Waals surface area contributed by atoms with E-state index in [0.29, 0.717) is 6.04 Å². The Balaban J connectivity index is 1.85. The second kappa shape index (κ2) is 4.63. The van der Waals surface area contributed by atoms with Gasteiger partial charge < -0.3 is 4.90 Å². The summed E-state index contributed by atoms with van der Waals surface area (Å²) < 4.78 is 0. The summed E-state index contributed by atoms with van der Waals surface area (Å²) in [5, 5.41) is 10.1. The molecule has 0 N–H and O–H groups in total. The van der Waals surface area contributed by atoms with Crippen molar-refractivity contribution in [3.8, 4) is 6.07 Å². The van der Waals surface area contributed by atoms with E-state index in [2.05, 4.69) is 59.5 Å². The van der Waals surface area contributed by atoms with E-state index in [1.165, 1.54) is 23.2 Å². The normalized spacial score (nSPS) is 26.2. The predicted molar refractivity (Wildman–Crippen MR) is 84.2 cm³/mol. The molecule has 2 heterocycles. The molecule has 0 unspecified atom stereocenters. The van der Waals surface area contributed by atoms with Gasteiger partial charge in [0, 0.05) is 12.2 Å². The lowest BCUT2D eigenvalue weighted by Crippen LogP contribution is -2.41. The molecule has 0 spiro atoms. The standard InChI is InChI=1S/C19H18N2/c20-14-19(13-15-7-2-1-3-8-15)16-9-4-5-10-17(16)21-12-6-11-18(19)21/h1-5,7-10,18H,6,11-13H2/t18-,19+/m0/s1. The SMILES string of the molecule is N#C[C@]1(Cc2ccccc2)c2ccccc2N2CCC[C@H]21. The van der Waals surface area contributed by atoms with Gasteiger partial charge in [-0.05, 0) is 36.5 Å². The fourth-order valence-electron chi connectivity index (χ4n) is 4.15. The van der Waals surface area contributed by atoms with E-state index >= 15 is 0 Å². The van der Waals surface area contributed by atoms with Crippen LogP contribution in [0.1, 0.15) is 24.0 Å². The highest BCUT2D eigenvalue weighted by Crippen LogP contribution is 2.50. The molecule has 2 aromatic carbocycles. The van der Waals surface area contributed by atoms with Crippen LogP contribution < -0.4 is 4.90 Å². The van der Waals surface area contributed by atoms with E-state index in [0.717, 1.165) is 19.4 Å². The van der Waals surface area contributed by atoms with Crippen LogP contribution in [0.15, 0.2) is 54.6 Å². The Labute approximate surface area is 125 Å². The minimum absolute atomic E-state index is 0.333. The average Bonchev–Trinajstić information content (AvgIpc) is 3.11. The average molecular weight is 274 g/mol. The molecule has 1 fully saturated rings. The summed E-state index contributed by atoms with van der Waals surface area (Å²) in [7, 11) is 0. The van der Waals surface area contributed by atoms with E-state index in [9.17, 15) is 5.26 Å². The van der Waals surface area contributed by atoms with Gasteiger partial charge in [-0.15, -0.1) is 0 Å². The number of para-hydroxylation sites is 1. The lowest BCUT2D eigenvalue weighted by molar-refractivity contribution is 0.458. The second-order valence-electron chi connectivity index (χ2n) is 6.11. The minimum Gasteiger partial charge on any atom is -0.366 e. The highest BCUT2D eigenvalue weighted by atomic mass is 15.2. The summed E-state index contributed by atoms with van der Waals surface area (Å²) in [4.78, 5) is 2.46. The molecule has 0 aromatic heterocycles. The Morgan fingerprint density at radius 1 is 1.10 bits per heavy atom. The molecule has 2 heteroatoms. The molecule has 0 radical (unpaired) electrons. The lowest BCUT2D eigenvalue weighted by Gasteiger charge is -2.30. The topological polar surface area (TPSA) is 27.0 Å². The number of rotatable bonds is 2. The first kappa shape index (κ1) is 12.5. The second-order valence-corrected chi connectivity index (χ2v) is 6.11. The van der Waals surface area contributed by atoms with Crippen LogP contribution in [0.3, 0.4) is 0 Å². The van der Waals surface area contributed by atoms with Gasteiger partial charge >= 0.3 is 0 Å². The van der Waals surface area contributed by atoms with E-state index in [4.69, 9.17) is 0 Å². The molecule has 4 rings (SSSR count). The van der Waals surface area contributed by atoms with E-state index in [1.807, 2.05) is 6.07 Å². The number of anilines is 1. The zero-order valence-corrected chi connectivity index (χ0v) is 12.0. The van der Waals surface area contributed by atoms with E-state index < -0.39 is 5.41 Å². The number of hydrogen-bond acceptors (Lipinski definition) is 2. The molecule has 0 saturated carbocycles. The van der Waals surface area contributed by atoms with Crippen molar-refractivity contribution in [1.29, 1.82) is 5.26 Å². The Morgan fingerprint density at radius 3 is 2.67 bits per heavy atom. The zero-order valence-electron chi connectivity index (χ0n) is 12.0. The molecular formula is C19H18N2. The van der Waals surface area contributed by atoms with Crippen LogP contribution in [0.2, 0.25) is 0 Å². The van der Waals surface area contributed by atoms with Gasteiger partial charge in [-0.3, -0.25) is 0 Å². The third-order valence-electron chi connectivity index (χ3n) is 5.04. The molecule has 0 bridgehead atoms. The molecule has 21 heavy (non-hydrogen) atoms. The first-order valence-corrected chi connectivity index (χ1v) is 7.66. The van der Waals surface area contributed by atoms with Crippen molar-refractivity contribution in [2.45, 2.75) is 30.7 Å². The van der Waals surface area contributed by atoms with Crippen LogP contribution in [0.4, 0.5) is 5.69 Å². The maximum Gasteiger partial charge on any atom is 0.108 e. The zero-order chi connectivity index (χ0) is 14.3. The molecule has 2 nitrogen and oxygen atoms in total. The van der Waals surface area contributed by atoms with Gasteiger partial charge in [0.1, 0.15) is 5.41 Å². The van der Waals surface area contributed by atoms with Crippen molar-refractivity contribution in [1.82, 2.24) is 0 Å². The first-order valence-electron chi connectivity index (χ1n) is 7.66. The van der Waals surface area contributed by atoms with Crippen molar-refractivity contribution in [2.24, 2.45) is 0 Å². The predicted octanol–water partition coefficient (Wildman–Crippen LogP) is 3.67. The monoisotopic (exact) mass is 274 g/mol. The smallest absolute Gasteiger partial charge is 0.108 e. The molecule has 1 saturated heterocycles. The maximum atomic E-state index is 10.1. The number of benzene rings is 2. The molecular weight excluding hydrogens is 256 g/mol. The highest BCUT2D eigenvalue weighted by molar-refractivity contribution is 5.68. The van der Waals surface area contributed by atoms with Crippen molar-refractivity contribution in [2.75, 3.05) is 11.4 Å². The van der Waals surface area contributed by atoms with Gasteiger partial charge in [0.2, 0.25) is 0 Å². The highest BCUT2D eigenvalue weighted by Gasteiger charge is 2.52. The third kappa shape index (κ3) is 1.70. The maximum absolute atomic E-state index is 10.1. The lowest BCUT2D eigenvalue weighted by atomic mass is 9.72. The molecule has 2 aliphatic heterocycles. The molecule has 0 amide bonds. The summed E-state index contributed by atoms with van der Waals surface area (Å²) in [6.45, 7) is 1.08. The molecule has 2 aliphatic rings. The Hall–Kier alpha value is -2.27. The summed E-state index contributed by atoms with van der Waals surface area (Å²) in [6, 6.07) is 22.0. The van der Waals surface area contributed by atoms with Crippen molar-refractivity contribution >= 4 is 5.69 Å². The van der Waals surface area contributed by atoms with Crippen LogP contribution in [-0.2, 0) is 11.8 Å². The first-order chi connectivity index (χ1) is 10.3.